The number of halogens is 1. The molecule has 2 aromatic rings. The van der Waals surface area contributed by atoms with Gasteiger partial charge < -0.3 is 0 Å². The molecule has 0 radical (unpaired) electrons. The van der Waals surface area contributed by atoms with Crippen molar-refractivity contribution < 1.29 is 8.42 Å². The van der Waals surface area contributed by atoms with Gasteiger partial charge >= 0.3 is 0 Å². The third-order valence-corrected chi connectivity index (χ3v) is 7.14. The van der Waals surface area contributed by atoms with Crippen molar-refractivity contribution in [2.75, 3.05) is 0 Å². The zero-order valence-corrected chi connectivity index (χ0v) is 14.1. The fraction of sp³-hybridized carbons (Fsp3) is 0.267. The molecule has 0 aromatic carbocycles. The molecule has 0 saturated carbocycles. The first kappa shape index (κ1) is 14.5. The number of aromatic nitrogens is 2. The quantitative estimate of drug-likeness (QED) is 0.815. The molecule has 2 heterocycles. The van der Waals surface area contributed by atoms with Gasteiger partial charge in [-0.1, -0.05) is 28.1 Å². The SMILES string of the molecule is CC1=CC(C)(S(=O)(=O)n2ccc3ccncc32)CC=C1Br. The van der Waals surface area contributed by atoms with Crippen molar-refractivity contribution >= 4 is 36.9 Å². The molecule has 0 N–H and O–H groups in total. The predicted molar refractivity (Wildman–Crippen MR) is 87.8 cm³/mol. The number of nitrogens with zero attached hydrogens (tertiary/aromatic N) is 2. The highest BCUT2D eigenvalue weighted by atomic mass is 79.9. The van der Waals surface area contributed by atoms with E-state index < -0.39 is 14.8 Å². The maximum absolute atomic E-state index is 13.1. The number of pyridine rings is 1. The fourth-order valence-corrected chi connectivity index (χ4v) is 4.58. The smallest absolute Gasteiger partial charge is 0.248 e. The van der Waals surface area contributed by atoms with Crippen LogP contribution in [0.4, 0.5) is 0 Å². The standard InChI is InChI=1S/C15H15BrN2O2S/c1-11-9-15(2,6-3-13(11)16)21(19,20)18-8-5-12-4-7-17-10-14(12)18/h3-5,7-10H,6H2,1-2H3. The van der Waals surface area contributed by atoms with Gasteiger partial charge in [0.25, 0.3) is 0 Å². The first-order chi connectivity index (χ1) is 9.85. The summed E-state index contributed by atoms with van der Waals surface area (Å²) >= 11 is 3.44. The van der Waals surface area contributed by atoms with Crippen molar-refractivity contribution in [1.82, 2.24) is 8.96 Å². The van der Waals surface area contributed by atoms with Gasteiger partial charge in [-0.3, -0.25) is 4.98 Å². The van der Waals surface area contributed by atoms with Gasteiger partial charge in [-0.05, 0) is 38.0 Å². The average Bonchev–Trinajstić information content (AvgIpc) is 2.87. The minimum atomic E-state index is -3.57. The Hall–Kier alpha value is -1.40. The van der Waals surface area contributed by atoms with Crippen LogP contribution in [0.2, 0.25) is 0 Å². The van der Waals surface area contributed by atoms with Gasteiger partial charge in [0.05, 0.1) is 11.7 Å². The van der Waals surface area contributed by atoms with Gasteiger partial charge in [0.1, 0.15) is 4.75 Å². The monoisotopic (exact) mass is 366 g/mol. The molecule has 4 nitrogen and oxygen atoms in total. The summed E-state index contributed by atoms with van der Waals surface area (Å²) in [6.45, 7) is 3.66. The highest BCUT2D eigenvalue weighted by molar-refractivity contribution is 9.12. The van der Waals surface area contributed by atoms with Crippen LogP contribution < -0.4 is 0 Å². The lowest BCUT2D eigenvalue weighted by Crippen LogP contribution is -2.38. The summed E-state index contributed by atoms with van der Waals surface area (Å²) < 4.78 is 27.5. The molecule has 1 aliphatic rings. The van der Waals surface area contributed by atoms with Gasteiger partial charge in [-0.25, -0.2) is 12.4 Å². The highest BCUT2D eigenvalue weighted by Crippen LogP contribution is 2.36. The molecule has 0 aliphatic heterocycles. The van der Waals surface area contributed by atoms with Crippen molar-refractivity contribution in [3.63, 3.8) is 0 Å². The average molecular weight is 367 g/mol. The molecule has 110 valence electrons. The molecule has 0 bridgehead atoms. The minimum Gasteiger partial charge on any atom is -0.262 e. The first-order valence-electron chi connectivity index (χ1n) is 6.57. The number of hydrogen-bond donors (Lipinski definition) is 0. The molecule has 21 heavy (non-hydrogen) atoms. The molecular formula is C15H15BrN2O2S. The van der Waals surface area contributed by atoms with E-state index in [9.17, 15) is 8.42 Å². The Kier molecular flexibility index (Phi) is 3.33. The molecule has 0 spiro atoms. The van der Waals surface area contributed by atoms with Crippen LogP contribution in [0, 0.1) is 0 Å². The molecule has 1 atom stereocenters. The molecule has 2 aromatic heterocycles. The second-order valence-corrected chi connectivity index (χ2v) is 8.58. The lowest BCUT2D eigenvalue weighted by molar-refractivity contribution is 0.554. The summed E-state index contributed by atoms with van der Waals surface area (Å²) in [6.07, 6.45) is 9.01. The first-order valence-corrected chi connectivity index (χ1v) is 8.80. The van der Waals surface area contributed by atoms with Crippen molar-refractivity contribution in [2.45, 2.75) is 25.0 Å². The van der Waals surface area contributed by atoms with E-state index in [-0.39, 0.29) is 0 Å². The fourth-order valence-electron chi connectivity index (χ4n) is 2.60. The molecule has 6 heteroatoms. The maximum atomic E-state index is 13.1. The number of allylic oxidation sites excluding steroid dienone is 3. The van der Waals surface area contributed by atoms with Crippen LogP contribution in [-0.4, -0.2) is 22.1 Å². The largest absolute Gasteiger partial charge is 0.262 e. The van der Waals surface area contributed by atoms with Gasteiger partial charge in [0.2, 0.25) is 10.0 Å². The summed E-state index contributed by atoms with van der Waals surface area (Å²) in [5, 5.41) is 0.866. The number of rotatable bonds is 2. The van der Waals surface area contributed by atoms with Crippen molar-refractivity contribution in [3.05, 3.63) is 52.9 Å². The van der Waals surface area contributed by atoms with Gasteiger partial charge in [0.15, 0.2) is 0 Å². The van der Waals surface area contributed by atoms with Crippen molar-refractivity contribution in [1.29, 1.82) is 0 Å². The van der Waals surface area contributed by atoms with Gasteiger partial charge in [0, 0.05) is 22.3 Å². The zero-order chi connectivity index (χ0) is 15.3. The van der Waals surface area contributed by atoms with Crippen molar-refractivity contribution in [2.24, 2.45) is 0 Å². The molecule has 0 amide bonds. The van der Waals surface area contributed by atoms with E-state index in [1.54, 1.807) is 31.6 Å². The van der Waals surface area contributed by atoms with E-state index >= 15 is 0 Å². The Morgan fingerprint density at radius 2 is 2.14 bits per heavy atom. The molecular weight excluding hydrogens is 352 g/mol. The van der Waals surface area contributed by atoms with E-state index in [0.717, 1.165) is 15.4 Å². The van der Waals surface area contributed by atoms with Crippen LogP contribution in [0.15, 0.2) is 52.9 Å². The molecule has 1 aliphatic carbocycles. The molecule has 1 unspecified atom stereocenters. The highest BCUT2D eigenvalue weighted by Gasteiger charge is 2.40. The van der Waals surface area contributed by atoms with Crippen molar-refractivity contribution in [3.8, 4) is 0 Å². The summed E-state index contributed by atoms with van der Waals surface area (Å²) in [6, 6.07) is 3.60. The molecule has 3 rings (SSSR count). The summed E-state index contributed by atoms with van der Waals surface area (Å²) in [4.78, 5) is 4.03. The Morgan fingerprint density at radius 1 is 1.38 bits per heavy atom. The number of hydrogen-bond acceptors (Lipinski definition) is 3. The van der Waals surface area contributed by atoms with Crippen LogP contribution in [0.3, 0.4) is 0 Å². The van der Waals surface area contributed by atoms with Crippen LogP contribution >= 0.6 is 15.9 Å². The van der Waals surface area contributed by atoms with Crippen LogP contribution in [0.5, 0.6) is 0 Å². The second kappa shape index (κ2) is 4.81. The van der Waals surface area contributed by atoms with E-state index in [1.165, 1.54) is 3.97 Å². The Bertz CT molecular complexity index is 880. The lowest BCUT2D eigenvalue weighted by Gasteiger charge is -2.29. The number of fused-ring (bicyclic) bond motifs is 1. The van der Waals surface area contributed by atoms with E-state index in [0.29, 0.717) is 11.9 Å². The topological polar surface area (TPSA) is 52.0 Å². The van der Waals surface area contributed by atoms with Crippen LogP contribution in [0.1, 0.15) is 20.3 Å². The van der Waals surface area contributed by atoms with E-state index in [1.807, 2.05) is 25.1 Å². The summed E-state index contributed by atoms with van der Waals surface area (Å²) in [5.74, 6) is 0. The maximum Gasteiger partial charge on any atom is 0.248 e. The van der Waals surface area contributed by atoms with Gasteiger partial charge in [-0.15, -0.1) is 0 Å². The van der Waals surface area contributed by atoms with Crippen LogP contribution in [-0.2, 0) is 10.0 Å². The lowest BCUT2D eigenvalue weighted by atomic mass is 9.98. The Balaban J connectivity index is 2.18. The third-order valence-electron chi connectivity index (χ3n) is 3.89. The third kappa shape index (κ3) is 2.17. The van der Waals surface area contributed by atoms with Gasteiger partial charge in [-0.2, -0.15) is 0 Å². The van der Waals surface area contributed by atoms with E-state index in [2.05, 4.69) is 20.9 Å². The van der Waals surface area contributed by atoms with E-state index in [4.69, 9.17) is 0 Å². The predicted octanol–water partition coefficient (Wildman–Crippen LogP) is 3.60. The normalized spacial score (nSPS) is 23.0. The summed E-state index contributed by atoms with van der Waals surface area (Å²) in [7, 11) is -3.57. The summed E-state index contributed by atoms with van der Waals surface area (Å²) in [5.41, 5.74) is 1.54. The van der Waals surface area contributed by atoms with Crippen LogP contribution in [0.25, 0.3) is 10.9 Å². The zero-order valence-electron chi connectivity index (χ0n) is 11.7. The molecule has 0 saturated heterocycles. The minimum absolute atomic E-state index is 0.438. The Labute approximate surface area is 132 Å². The molecule has 0 fully saturated rings. The second-order valence-electron chi connectivity index (χ2n) is 5.45. The Morgan fingerprint density at radius 3 is 2.86 bits per heavy atom.